The van der Waals surface area contributed by atoms with Crippen molar-refractivity contribution in [2.45, 2.75) is 39.5 Å². The van der Waals surface area contributed by atoms with Crippen molar-refractivity contribution >= 4 is 11.8 Å². The fourth-order valence-corrected chi connectivity index (χ4v) is 3.02. The number of carbonyl (C=O) groups is 2. The predicted molar refractivity (Wildman–Crippen MR) is 87.6 cm³/mol. The maximum absolute atomic E-state index is 12.4. The van der Waals surface area contributed by atoms with Crippen LogP contribution in [0, 0.1) is 5.92 Å². The fraction of sp³-hybridized carbons (Fsp3) is 0.647. The van der Waals surface area contributed by atoms with Gasteiger partial charge in [-0.2, -0.15) is 0 Å². The number of likely N-dealkylation sites (tertiary alicyclic amines) is 1. The minimum atomic E-state index is 0.0685. The molecular formula is C17H26N4O2. The molecule has 0 atom stereocenters. The lowest BCUT2D eigenvalue weighted by atomic mass is 9.95. The van der Waals surface area contributed by atoms with E-state index in [1.165, 1.54) is 0 Å². The van der Waals surface area contributed by atoms with Crippen LogP contribution in [0.5, 0.6) is 0 Å². The quantitative estimate of drug-likeness (QED) is 0.797. The van der Waals surface area contributed by atoms with Gasteiger partial charge in [0.05, 0.1) is 5.69 Å². The van der Waals surface area contributed by atoms with E-state index in [-0.39, 0.29) is 17.7 Å². The van der Waals surface area contributed by atoms with E-state index in [1.807, 2.05) is 23.6 Å². The molecule has 0 N–H and O–H groups in total. The topological polar surface area (TPSA) is 66.4 Å². The second kappa shape index (κ2) is 8.60. The normalized spacial score (nSPS) is 15.5. The number of aromatic nitrogens is 2. The molecule has 1 aromatic rings. The Morgan fingerprint density at radius 2 is 1.91 bits per heavy atom. The number of carbonyl (C=O) groups excluding carboxylic acids is 2. The summed E-state index contributed by atoms with van der Waals surface area (Å²) in [5, 5.41) is 0. The molecule has 0 radical (unpaired) electrons. The van der Waals surface area contributed by atoms with Crippen LogP contribution in [0.2, 0.25) is 0 Å². The van der Waals surface area contributed by atoms with Gasteiger partial charge in [0.1, 0.15) is 0 Å². The molecule has 0 unspecified atom stereocenters. The van der Waals surface area contributed by atoms with Gasteiger partial charge in [0.25, 0.3) is 0 Å². The summed E-state index contributed by atoms with van der Waals surface area (Å²) in [6, 6.07) is 0. The van der Waals surface area contributed by atoms with Crippen molar-refractivity contribution in [1.82, 2.24) is 19.8 Å². The molecule has 1 aromatic heterocycles. The highest BCUT2D eigenvalue weighted by atomic mass is 16.2. The largest absolute Gasteiger partial charge is 0.343 e. The van der Waals surface area contributed by atoms with Gasteiger partial charge in [-0.25, -0.2) is 0 Å². The summed E-state index contributed by atoms with van der Waals surface area (Å²) in [5.41, 5.74) is 0.840. The lowest BCUT2D eigenvalue weighted by molar-refractivity contribution is -0.140. The highest BCUT2D eigenvalue weighted by Crippen LogP contribution is 2.20. The lowest BCUT2D eigenvalue weighted by Crippen LogP contribution is -2.44. The van der Waals surface area contributed by atoms with Crippen LogP contribution >= 0.6 is 0 Å². The van der Waals surface area contributed by atoms with Crippen LogP contribution in [0.15, 0.2) is 18.6 Å². The van der Waals surface area contributed by atoms with Gasteiger partial charge in [-0.15, -0.1) is 0 Å². The zero-order valence-corrected chi connectivity index (χ0v) is 14.1. The number of aryl methyl sites for hydroxylation is 1. The SMILES string of the molecule is CCN(CC)C(=O)C1CCN(C(=O)CCc2cnccn2)CC1. The zero-order valence-electron chi connectivity index (χ0n) is 14.1. The Morgan fingerprint density at radius 1 is 1.22 bits per heavy atom. The van der Waals surface area contributed by atoms with Crippen molar-refractivity contribution in [2.75, 3.05) is 26.2 Å². The molecule has 23 heavy (non-hydrogen) atoms. The Kier molecular flexibility index (Phi) is 6.50. The molecule has 2 amide bonds. The molecular weight excluding hydrogens is 292 g/mol. The number of hydrogen-bond donors (Lipinski definition) is 0. The van der Waals surface area contributed by atoms with Gasteiger partial charge >= 0.3 is 0 Å². The number of piperidine rings is 1. The first-order valence-corrected chi connectivity index (χ1v) is 8.47. The molecule has 1 aliphatic heterocycles. The van der Waals surface area contributed by atoms with Gasteiger partial charge in [0.15, 0.2) is 0 Å². The highest BCUT2D eigenvalue weighted by molar-refractivity contribution is 5.80. The second-order valence-corrected chi connectivity index (χ2v) is 5.86. The Hall–Kier alpha value is -1.98. The van der Waals surface area contributed by atoms with Gasteiger partial charge in [-0.1, -0.05) is 0 Å². The summed E-state index contributed by atoms with van der Waals surface area (Å²) >= 11 is 0. The maximum Gasteiger partial charge on any atom is 0.225 e. The molecule has 0 saturated carbocycles. The molecule has 1 aliphatic rings. The van der Waals surface area contributed by atoms with Gasteiger partial charge in [-0.05, 0) is 33.1 Å². The van der Waals surface area contributed by atoms with Crippen molar-refractivity contribution in [1.29, 1.82) is 0 Å². The minimum absolute atomic E-state index is 0.0685. The minimum Gasteiger partial charge on any atom is -0.343 e. The Morgan fingerprint density at radius 3 is 2.48 bits per heavy atom. The number of hydrogen-bond acceptors (Lipinski definition) is 4. The van der Waals surface area contributed by atoms with E-state index < -0.39 is 0 Å². The zero-order chi connectivity index (χ0) is 16.7. The third-order valence-corrected chi connectivity index (χ3v) is 4.48. The van der Waals surface area contributed by atoms with Crippen LogP contribution in [-0.4, -0.2) is 57.8 Å². The number of rotatable bonds is 6. The fourth-order valence-electron chi connectivity index (χ4n) is 3.02. The van der Waals surface area contributed by atoms with E-state index in [2.05, 4.69) is 9.97 Å². The molecule has 126 valence electrons. The summed E-state index contributed by atoms with van der Waals surface area (Å²) in [6.45, 7) is 6.88. The third kappa shape index (κ3) is 4.74. The van der Waals surface area contributed by atoms with Gasteiger partial charge in [-0.3, -0.25) is 19.6 Å². The number of amides is 2. The van der Waals surface area contributed by atoms with E-state index in [9.17, 15) is 9.59 Å². The van der Waals surface area contributed by atoms with Crippen LogP contribution in [0.25, 0.3) is 0 Å². The first-order chi connectivity index (χ1) is 11.2. The van der Waals surface area contributed by atoms with Crippen molar-refractivity contribution in [3.05, 3.63) is 24.3 Å². The second-order valence-electron chi connectivity index (χ2n) is 5.86. The summed E-state index contributed by atoms with van der Waals surface area (Å²) in [6.07, 6.45) is 7.58. The van der Waals surface area contributed by atoms with Crippen molar-refractivity contribution < 1.29 is 9.59 Å². The standard InChI is InChI=1S/C17H26N4O2/c1-3-20(4-2)17(23)14-7-11-21(12-8-14)16(22)6-5-15-13-18-9-10-19-15/h9-10,13-14H,3-8,11-12H2,1-2H3. The predicted octanol–water partition coefficient (Wildman–Crippen LogP) is 1.52. The molecule has 0 aromatic carbocycles. The van der Waals surface area contributed by atoms with E-state index >= 15 is 0 Å². The smallest absolute Gasteiger partial charge is 0.225 e. The summed E-state index contributed by atoms with van der Waals surface area (Å²) < 4.78 is 0. The Balaban J connectivity index is 1.77. The van der Waals surface area contributed by atoms with E-state index in [1.54, 1.807) is 18.6 Å². The average Bonchev–Trinajstić information content (AvgIpc) is 2.61. The molecule has 2 rings (SSSR count). The molecule has 1 fully saturated rings. The molecule has 2 heterocycles. The molecule has 6 nitrogen and oxygen atoms in total. The van der Waals surface area contributed by atoms with E-state index in [4.69, 9.17) is 0 Å². The Labute approximate surface area is 137 Å². The van der Waals surface area contributed by atoms with Crippen LogP contribution in [-0.2, 0) is 16.0 Å². The number of nitrogens with zero attached hydrogens (tertiary/aromatic N) is 4. The van der Waals surface area contributed by atoms with E-state index in [0.29, 0.717) is 25.9 Å². The van der Waals surface area contributed by atoms with Crippen molar-refractivity contribution in [2.24, 2.45) is 5.92 Å². The summed E-state index contributed by atoms with van der Waals surface area (Å²) in [7, 11) is 0. The maximum atomic E-state index is 12.4. The third-order valence-electron chi connectivity index (χ3n) is 4.48. The van der Waals surface area contributed by atoms with Gasteiger partial charge in [0.2, 0.25) is 11.8 Å². The molecule has 0 spiro atoms. The monoisotopic (exact) mass is 318 g/mol. The van der Waals surface area contributed by atoms with Crippen LogP contribution < -0.4 is 0 Å². The molecule has 1 saturated heterocycles. The summed E-state index contributed by atoms with van der Waals surface area (Å²) in [5.74, 6) is 0.449. The first-order valence-electron chi connectivity index (χ1n) is 8.47. The van der Waals surface area contributed by atoms with Gasteiger partial charge < -0.3 is 9.80 Å². The summed E-state index contributed by atoms with van der Waals surface area (Å²) in [4.78, 5) is 36.6. The molecule has 0 bridgehead atoms. The van der Waals surface area contributed by atoms with Gasteiger partial charge in [0, 0.05) is 57.1 Å². The van der Waals surface area contributed by atoms with E-state index in [0.717, 1.165) is 31.6 Å². The highest BCUT2D eigenvalue weighted by Gasteiger charge is 2.29. The van der Waals surface area contributed by atoms with Crippen LogP contribution in [0.1, 0.15) is 38.8 Å². The lowest BCUT2D eigenvalue weighted by Gasteiger charge is -2.33. The van der Waals surface area contributed by atoms with Crippen molar-refractivity contribution in [3.63, 3.8) is 0 Å². The molecule has 6 heteroatoms. The Bertz CT molecular complexity index is 509. The van der Waals surface area contributed by atoms with Crippen molar-refractivity contribution in [3.8, 4) is 0 Å². The van der Waals surface area contributed by atoms with Crippen LogP contribution in [0.4, 0.5) is 0 Å². The first kappa shape index (κ1) is 17.4. The molecule has 0 aliphatic carbocycles. The van der Waals surface area contributed by atoms with Crippen LogP contribution in [0.3, 0.4) is 0 Å². The average molecular weight is 318 g/mol.